The number of nitrogens with zero attached hydrogens (tertiary/aromatic N) is 4. The first-order valence-corrected chi connectivity index (χ1v) is 9.62. The van der Waals surface area contributed by atoms with Crippen molar-refractivity contribution in [2.24, 2.45) is 0 Å². The van der Waals surface area contributed by atoms with Gasteiger partial charge >= 0.3 is 0 Å². The lowest BCUT2D eigenvalue weighted by atomic mass is 10.00. The number of rotatable bonds is 3. The Hall–Kier alpha value is -2.80. The molecule has 144 valence electrons. The molecule has 4 heterocycles. The number of aromatic nitrogens is 4. The van der Waals surface area contributed by atoms with Crippen LogP contribution in [-0.4, -0.2) is 44.3 Å². The molecule has 0 fully saturated rings. The van der Waals surface area contributed by atoms with Gasteiger partial charge < -0.3 is 4.74 Å². The fourth-order valence-corrected chi connectivity index (χ4v) is 4.24. The Morgan fingerprint density at radius 3 is 2.93 bits per heavy atom. The van der Waals surface area contributed by atoms with Crippen LogP contribution in [0.15, 0.2) is 24.3 Å². The summed E-state index contributed by atoms with van der Waals surface area (Å²) in [4.78, 5) is 11.2. The maximum atomic E-state index is 14.3. The van der Waals surface area contributed by atoms with Crippen LogP contribution in [0.5, 0.6) is 5.88 Å². The molecule has 3 aromatic rings. The summed E-state index contributed by atoms with van der Waals surface area (Å²) in [6.45, 7) is 6.36. The van der Waals surface area contributed by atoms with Crippen LogP contribution in [0.2, 0.25) is 0 Å². The van der Waals surface area contributed by atoms with Crippen molar-refractivity contribution < 1.29 is 9.13 Å². The van der Waals surface area contributed by atoms with Gasteiger partial charge in [0.15, 0.2) is 0 Å². The summed E-state index contributed by atoms with van der Waals surface area (Å²) < 4.78 is 20.4. The Kier molecular flexibility index (Phi) is 4.12. The van der Waals surface area contributed by atoms with Crippen molar-refractivity contribution in [2.45, 2.75) is 39.3 Å². The fourth-order valence-electron chi connectivity index (χ4n) is 4.24. The summed E-state index contributed by atoms with van der Waals surface area (Å²) in [5.41, 5.74) is 5.56. The molecule has 6 nitrogen and oxygen atoms in total. The van der Waals surface area contributed by atoms with Gasteiger partial charge in [-0.2, -0.15) is 10.1 Å². The summed E-state index contributed by atoms with van der Waals surface area (Å²) in [5.74, 6) is 1.23. The Morgan fingerprint density at radius 1 is 1.21 bits per heavy atom. The first-order chi connectivity index (χ1) is 13.6. The number of fused-ring (bicyclic) bond motifs is 2. The molecular weight excluding hydrogens is 357 g/mol. The molecule has 1 aromatic carbocycles. The molecular formula is C21H22FN5O. The first kappa shape index (κ1) is 17.3. The van der Waals surface area contributed by atoms with Gasteiger partial charge in [-0.1, -0.05) is 12.1 Å². The van der Waals surface area contributed by atoms with Crippen molar-refractivity contribution in [1.82, 2.24) is 25.1 Å². The molecule has 7 heteroatoms. The first-order valence-electron chi connectivity index (χ1n) is 9.62. The van der Waals surface area contributed by atoms with Crippen LogP contribution in [0, 0.1) is 19.7 Å². The topological polar surface area (TPSA) is 66.9 Å². The zero-order valence-electron chi connectivity index (χ0n) is 16.0. The zero-order valence-corrected chi connectivity index (χ0v) is 16.0. The fraction of sp³-hybridized carbons (Fsp3) is 0.381. The lowest BCUT2D eigenvalue weighted by Crippen LogP contribution is -2.38. The van der Waals surface area contributed by atoms with Gasteiger partial charge in [0.05, 0.1) is 5.69 Å². The van der Waals surface area contributed by atoms with E-state index in [-0.39, 0.29) is 11.9 Å². The molecule has 2 aliphatic heterocycles. The third-order valence-corrected chi connectivity index (χ3v) is 5.60. The highest BCUT2D eigenvalue weighted by atomic mass is 19.1. The third kappa shape index (κ3) is 2.96. The van der Waals surface area contributed by atoms with E-state index in [2.05, 4.69) is 25.1 Å². The number of benzene rings is 1. The highest BCUT2D eigenvalue weighted by Gasteiger charge is 2.31. The smallest absolute Gasteiger partial charge is 0.220 e. The molecule has 0 aliphatic carbocycles. The minimum Gasteiger partial charge on any atom is -0.472 e. The third-order valence-electron chi connectivity index (χ3n) is 5.60. The molecule has 0 amide bonds. The second kappa shape index (κ2) is 6.67. The second-order valence-corrected chi connectivity index (χ2v) is 7.58. The van der Waals surface area contributed by atoms with E-state index in [1.165, 1.54) is 6.07 Å². The lowest BCUT2D eigenvalue weighted by molar-refractivity contribution is 0.138. The molecule has 0 spiro atoms. The predicted molar refractivity (Wildman–Crippen MR) is 103 cm³/mol. The molecule has 0 saturated carbocycles. The van der Waals surface area contributed by atoms with Gasteiger partial charge in [0.25, 0.3) is 0 Å². The number of aromatic amines is 1. The predicted octanol–water partition coefficient (Wildman–Crippen LogP) is 2.98. The quantitative estimate of drug-likeness (QED) is 0.758. The molecule has 2 aromatic heterocycles. The second-order valence-electron chi connectivity index (χ2n) is 7.58. The van der Waals surface area contributed by atoms with Crippen molar-refractivity contribution in [3.63, 3.8) is 0 Å². The molecule has 0 saturated heterocycles. The van der Waals surface area contributed by atoms with Crippen molar-refractivity contribution in [2.75, 3.05) is 13.1 Å². The number of halogens is 1. The van der Waals surface area contributed by atoms with Crippen LogP contribution in [0.25, 0.3) is 11.3 Å². The lowest BCUT2D eigenvalue weighted by Gasteiger charge is -2.29. The number of nitrogens with one attached hydrogen (secondary N) is 1. The largest absolute Gasteiger partial charge is 0.472 e. The highest BCUT2D eigenvalue weighted by molar-refractivity contribution is 5.65. The SMILES string of the molecule is Cc1nc(C)c2c(n1)O[C@@H](CN1CCc3[nH]nc(-c4ccccc4F)c3C1)C2. The summed E-state index contributed by atoms with van der Waals surface area (Å²) >= 11 is 0. The molecule has 0 unspecified atom stereocenters. The number of aryl methyl sites for hydroxylation is 2. The van der Waals surface area contributed by atoms with Crippen LogP contribution in [0.4, 0.5) is 4.39 Å². The van der Waals surface area contributed by atoms with Gasteiger partial charge in [-0.25, -0.2) is 9.37 Å². The minimum atomic E-state index is -0.243. The van der Waals surface area contributed by atoms with Gasteiger partial charge in [-0.05, 0) is 26.0 Å². The maximum absolute atomic E-state index is 14.3. The standard InChI is InChI=1S/C21H22FN5O/c1-12-16-9-14(28-21(16)24-13(2)23-12)10-27-8-7-19-17(11-27)20(26-25-19)15-5-3-4-6-18(15)22/h3-6,14H,7-11H2,1-2H3,(H,25,26)/t14-/m1/s1. The molecule has 2 aliphatic rings. The van der Waals surface area contributed by atoms with E-state index < -0.39 is 0 Å². The van der Waals surface area contributed by atoms with E-state index in [0.29, 0.717) is 11.3 Å². The van der Waals surface area contributed by atoms with E-state index in [9.17, 15) is 4.39 Å². The van der Waals surface area contributed by atoms with E-state index in [4.69, 9.17) is 4.74 Å². The Morgan fingerprint density at radius 2 is 2.07 bits per heavy atom. The van der Waals surface area contributed by atoms with E-state index >= 15 is 0 Å². The average molecular weight is 379 g/mol. The normalized spacial score (nSPS) is 18.6. The van der Waals surface area contributed by atoms with Crippen LogP contribution < -0.4 is 4.74 Å². The Labute approximate surface area is 162 Å². The molecule has 28 heavy (non-hydrogen) atoms. The molecule has 1 N–H and O–H groups in total. The van der Waals surface area contributed by atoms with E-state index in [0.717, 1.165) is 66.7 Å². The highest BCUT2D eigenvalue weighted by Crippen LogP contribution is 2.32. The van der Waals surface area contributed by atoms with Gasteiger partial charge in [0.2, 0.25) is 5.88 Å². The van der Waals surface area contributed by atoms with Crippen molar-refractivity contribution in [1.29, 1.82) is 0 Å². The summed E-state index contributed by atoms with van der Waals surface area (Å²) in [7, 11) is 0. The molecule has 0 bridgehead atoms. The van der Waals surface area contributed by atoms with Gasteiger partial charge in [0, 0.05) is 60.6 Å². The van der Waals surface area contributed by atoms with Crippen molar-refractivity contribution in [3.8, 4) is 17.1 Å². The number of H-pyrrole nitrogens is 1. The van der Waals surface area contributed by atoms with Crippen LogP contribution >= 0.6 is 0 Å². The van der Waals surface area contributed by atoms with E-state index in [1.54, 1.807) is 12.1 Å². The number of ether oxygens (including phenoxy) is 1. The minimum absolute atomic E-state index is 0.0650. The maximum Gasteiger partial charge on any atom is 0.220 e. The monoisotopic (exact) mass is 379 g/mol. The van der Waals surface area contributed by atoms with Crippen LogP contribution in [0.3, 0.4) is 0 Å². The van der Waals surface area contributed by atoms with Gasteiger partial charge in [-0.3, -0.25) is 10.00 Å². The van der Waals surface area contributed by atoms with E-state index in [1.807, 2.05) is 19.9 Å². The zero-order chi connectivity index (χ0) is 19.3. The molecule has 5 rings (SSSR count). The van der Waals surface area contributed by atoms with Gasteiger partial charge in [-0.15, -0.1) is 0 Å². The summed E-state index contributed by atoms with van der Waals surface area (Å²) in [6.07, 6.45) is 1.76. The Bertz CT molecular complexity index is 1050. The van der Waals surface area contributed by atoms with Crippen molar-refractivity contribution in [3.05, 3.63) is 58.4 Å². The molecule has 1 atom stereocenters. The Balaban J connectivity index is 1.34. The number of hydrogen-bond donors (Lipinski definition) is 1. The number of hydrogen-bond acceptors (Lipinski definition) is 5. The van der Waals surface area contributed by atoms with Crippen LogP contribution in [-0.2, 0) is 19.4 Å². The summed E-state index contributed by atoms with van der Waals surface area (Å²) in [6, 6.07) is 6.80. The molecule has 0 radical (unpaired) electrons. The van der Waals surface area contributed by atoms with Crippen molar-refractivity contribution >= 4 is 0 Å². The van der Waals surface area contributed by atoms with Gasteiger partial charge in [0.1, 0.15) is 17.7 Å². The summed E-state index contributed by atoms with van der Waals surface area (Å²) in [5, 5.41) is 7.51. The average Bonchev–Trinajstić information content (AvgIpc) is 3.26. The van der Waals surface area contributed by atoms with Crippen LogP contribution in [0.1, 0.15) is 28.3 Å².